The first-order valence-electron chi connectivity index (χ1n) is 7.06. The molecule has 1 saturated carbocycles. The largest absolute Gasteiger partial charge is 0.321 e. The lowest BCUT2D eigenvalue weighted by molar-refractivity contribution is 0.386. The second kappa shape index (κ2) is 4.74. The van der Waals surface area contributed by atoms with Crippen LogP contribution in [0.5, 0.6) is 0 Å². The predicted octanol–water partition coefficient (Wildman–Crippen LogP) is 4.35. The topological polar surface area (TPSA) is 26.0 Å². The second-order valence-electron chi connectivity index (χ2n) is 5.63. The molecule has 1 heteroatoms. The van der Waals surface area contributed by atoms with Crippen molar-refractivity contribution in [2.24, 2.45) is 5.73 Å². The van der Waals surface area contributed by atoms with Gasteiger partial charge in [-0.1, -0.05) is 62.1 Å². The Morgan fingerprint density at radius 3 is 2.17 bits per heavy atom. The number of benzene rings is 2. The van der Waals surface area contributed by atoms with E-state index in [4.69, 9.17) is 5.73 Å². The highest BCUT2D eigenvalue weighted by molar-refractivity contribution is 5.83. The Morgan fingerprint density at radius 2 is 1.44 bits per heavy atom. The van der Waals surface area contributed by atoms with Crippen molar-refractivity contribution in [1.29, 1.82) is 0 Å². The van der Waals surface area contributed by atoms with Crippen molar-refractivity contribution >= 4 is 10.8 Å². The zero-order valence-corrected chi connectivity index (χ0v) is 10.9. The lowest BCUT2D eigenvalue weighted by Crippen LogP contribution is -2.35. The molecule has 0 saturated heterocycles. The normalized spacial score (nSPS) is 19.6. The highest BCUT2D eigenvalue weighted by Gasteiger charge is 2.28. The smallest absolute Gasteiger partial charge is 0.0409 e. The lowest BCUT2D eigenvalue weighted by atomic mass is 9.83. The molecule has 0 bridgehead atoms. The van der Waals surface area contributed by atoms with Crippen molar-refractivity contribution < 1.29 is 0 Å². The summed E-state index contributed by atoms with van der Waals surface area (Å²) in [6.07, 6.45) is 7.47. The van der Waals surface area contributed by atoms with Gasteiger partial charge in [0.05, 0.1) is 0 Å². The number of nitrogens with two attached hydrogens (primary N) is 1. The molecule has 3 rings (SSSR count). The summed E-state index contributed by atoms with van der Waals surface area (Å²) in [6.45, 7) is 0. The van der Waals surface area contributed by atoms with E-state index in [2.05, 4.69) is 42.5 Å². The Labute approximate surface area is 109 Å². The summed E-state index contributed by atoms with van der Waals surface area (Å²) in [7, 11) is 0. The van der Waals surface area contributed by atoms with E-state index in [0.29, 0.717) is 0 Å². The Hall–Kier alpha value is -1.34. The van der Waals surface area contributed by atoms with Crippen LogP contribution in [0, 0.1) is 0 Å². The molecule has 2 aromatic carbocycles. The maximum absolute atomic E-state index is 6.67. The minimum atomic E-state index is -0.0967. The first kappa shape index (κ1) is 11.7. The molecule has 0 radical (unpaired) electrons. The van der Waals surface area contributed by atoms with Crippen molar-refractivity contribution in [2.75, 3.05) is 0 Å². The van der Waals surface area contributed by atoms with E-state index in [1.54, 1.807) is 0 Å². The van der Waals surface area contributed by atoms with E-state index < -0.39 is 0 Å². The van der Waals surface area contributed by atoms with Gasteiger partial charge in [-0.05, 0) is 35.2 Å². The molecule has 2 N–H and O–H groups in total. The monoisotopic (exact) mass is 239 g/mol. The first-order valence-corrected chi connectivity index (χ1v) is 7.06. The van der Waals surface area contributed by atoms with Crippen LogP contribution in [0.1, 0.15) is 44.1 Å². The quantitative estimate of drug-likeness (QED) is 0.736. The van der Waals surface area contributed by atoms with Gasteiger partial charge in [-0.2, -0.15) is 0 Å². The molecule has 0 heterocycles. The third-order valence-corrected chi connectivity index (χ3v) is 4.32. The average molecular weight is 239 g/mol. The fourth-order valence-corrected chi connectivity index (χ4v) is 3.15. The second-order valence-corrected chi connectivity index (χ2v) is 5.63. The van der Waals surface area contributed by atoms with Gasteiger partial charge in [-0.25, -0.2) is 0 Å². The Kier molecular flexibility index (Phi) is 3.09. The van der Waals surface area contributed by atoms with Crippen LogP contribution in [-0.2, 0) is 5.54 Å². The molecule has 1 nitrogen and oxygen atoms in total. The fourth-order valence-electron chi connectivity index (χ4n) is 3.15. The lowest BCUT2D eigenvalue weighted by Gasteiger charge is -2.29. The summed E-state index contributed by atoms with van der Waals surface area (Å²) in [6, 6.07) is 15.3. The molecule has 1 fully saturated rings. The molecular formula is C17H21N. The summed E-state index contributed by atoms with van der Waals surface area (Å²) in [4.78, 5) is 0. The van der Waals surface area contributed by atoms with Gasteiger partial charge >= 0.3 is 0 Å². The minimum absolute atomic E-state index is 0.0967. The van der Waals surface area contributed by atoms with Crippen LogP contribution in [0.25, 0.3) is 10.8 Å². The van der Waals surface area contributed by atoms with E-state index in [9.17, 15) is 0 Å². The number of rotatable bonds is 1. The zero-order valence-electron chi connectivity index (χ0n) is 10.9. The molecule has 1 aliphatic rings. The van der Waals surface area contributed by atoms with Gasteiger partial charge in [0.15, 0.2) is 0 Å². The Morgan fingerprint density at radius 1 is 0.778 bits per heavy atom. The Balaban J connectivity index is 2.02. The van der Waals surface area contributed by atoms with Crippen molar-refractivity contribution in [3.8, 4) is 0 Å². The van der Waals surface area contributed by atoms with Gasteiger partial charge in [0.2, 0.25) is 0 Å². The molecule has 0 unspecified atom stereocenters. The summed E-state index contributed by atoms with van der Waals surface area (Å²) in [5.41, 5.74) is 7.90. The van der Waals surface area contributed by atoms with E-state index in [1.807, 2.05) is 0 Å². The summed E-state index contributed by atoms with van der Waals surface area (Å²) in [5, 5.41) is 2.61. The number of hydrogen-bond acceptors (Lipinski definition) is 1. The molecule has 18 heavy (non-hydrogen) atoms. The number of hydrogen-bond donors (Lipinski definition) is 1. The Bertz CT molecular complexity index is 536. The zero-order chi connectivity index (χ0) is 12.4. The molecular weight excluding hydrogens is 218 g/mol. The van der Waals surface area contributed by atoms with Crippen LogP contribution in [0.4, 0.5) is 0 Å². The molecule has 0 amide bonds. The van der Waals surface area contributed by atoms with Gasteiger partial charge in [0, 0.05) is 5.54 Å². The average Bonchev–Trinajstić information content (AvgIpc) is 2.64. The van der Waals surface area contributed by atoms with Gasteiger partial charge < -0.3 is 5.73 Å². The summed E-state index contributed by atoms with van der Waals surface area (Å²) < 4.78 is 0. The van der Waals surface area contributed by atoms with Gasteiger partial charge in [-0.3, -0.25) is 0 Å². The van der Waals surface area contributed by atoms with Gasteiger partial charge in [0.25, 0.3) is 0 Å². The SMILES string of the molecule is NC1(c2ccc3ccccc3c2)CCCCCC1. The molecule has 1 aliphatic carbocycles. The maximum atomic E-state index is 6.67. The van der Waals surface area contributed by atoms with Crippen LogP contribution in [-0.4, -0.2) is 0 Å². The molecule has 94 valence electrons. The summed E-state index contributed by atoms with van der Waals surface area (Å²) >= 11 is 0. The number of fused-ring (bicyclic) bond motifs is 1. The summed E-state index contributed by atoms with van der Waals surface area (Å²) in [5.74, 6) is 0. The fraction of sp³-hybridized carbons (Fsp3) is 0.412. The van der Waals surface area contributed by atoms with E-state index in [-0.39, 0.29) is 5.54 Å². The molecule has 2 aromatic rings. The maximum Gasteiger partial charge on any atom is 0.0409 e. The van der Waals surface area contributed by atoms with Crippen molar-refractivity contribution in [3.63, 3.8) is 0 Å². The molecule has 0 atom stereocenters. The third-order valence-electron chi connectivity index (χ3n) is 4.32. The van der Waals surface area contributed by atoms with Crippen LogP contribution >= 0.6 is 0 Å². The van der Waals surface area contributed by atoms with Crippen LogP contribution < -0.4 is 5.73 Å². The van der Waals surface area contributed by atoms with Crippen LogP contribution in [0.15, 0.2) is 42.5 Å². The van der Waals surface area contributed by atoms with E-state index in [0.717, 1.165) is 12.8 Å². The van der Waals surface area contributed by atoms with Crippen molar-refractivity contribution in [3.05, 3.63) is 48.0 Å². The van der Waals surface area contributed by atoms with Crippen LogP contribution in [0.3, 0.4) is 0 Å². The van der Waals surface area contributed by atoms with E-state index in [1.165, 1.54) is 42.0 Å². The predicted molar refractivity (Wildman–Crippen MR) is 77.5 cm³/mol. The molecule has 0 spiro atoms. The van der Waals surface area contributed by atoms with Crippen molar-refractivity contribution in [1.82, 2.24) is 0 Å². The minimum Gasteiger partial charge on any atom is -0.321 e. The first-order chi connectivity index (χ1) is 8.78. The van der Waals surface area contributed by atoms with Crippen molar-refractivity contribution in [2.45, 2.75) is 44.1 Å². The van der Waals surface area contributed by atoms with Gasteiger partial charge in [-0.15, -0.1) is 0 Å². The standard InChI is InChI=1S/C17H21N/c18-17(11-5-1-2-6-12-17)16-10-9-14-7-3-4-8-15(14)13-16/h3-4,7-10,13H,1-2,5-6,11-12,18H2. The van der Waals surface area contributed by atoms with Crippen LogP contribution in [0.2, 0.25) is 0 Å². The highest BCUT2D eigenvalue weighted by atomic mass is 14.7. The third kappa shape index (κ3) is 2.15. The highest BCUT2D eigenvalue weighted by Crippen LogP contribution is 2.34. The molecule has 0 aliphatic heterocycles. The van der Waals surface area contributed by atoms with Gasteiger partial charge in [0.1, 0.15) is 0 Å². The molecule has 0 aromatic heterocycles. The van der Waals surface area contributed by atoms with E-state index >= 15 is 0 Å².